The first kappa shape index (κ1) is 23.4. The summed E-state index contributed by atoms with van der Waals surface area (Å²) in [7, 11) is 0. The second-order valence-electron chi connectivity index (χ2n) is 6.98. The van der Waals surface area contributed by atoms with Crippen LogP contribution in [0.1, 0.15) is 53.7 Å². The van der Waals surface area contributed by atoms with Crippen molar-refractivity contribution in [2.45, 2.75) is 45.8 Å². The fraction of sp³-hybridized carbons (Fsp3) is 0.391. The molecule has 2 aromatic carbocycles. The Labute approximate surface area is 174 Å². The van der Waals surface area contributed by atoms with Crippen molar-refractivity contribution >= 4 is 11.9 Å². The molecule has 2 rings (SSSR count). The molecule has 0 heterocycles. The van der Waals surface area contributed by atoms with Gasteiger partial charge in [-0.3, -0.25) is 9.59 Å². The van der Waals surface area contributed by atoms with Gasteiger partial charge in [0.25, 0.3) is 5.91 Å². The molecule has 2 aromatic rings. The van der Waals surface area contributed by atoms with Gasteiger partial charge >= 0.3 is 12.1 Å². The van der Waals surface area contributed by atoms with Crippen molar-refractivity contribution in [3.63, 3.8) is 0 Å². The van der Waals surface area contributed by atoms with Crippen LogP contribution >= 0.6 is 0 Å². The molecule has 7 heteroatoms. The van der Waals surface area contributed by atoms with Gasteiger partial charge in [-0.25, -0.2) is 0 Å². The lowest BCUT2D eigenvalue weighted by molar-refractivity contribution is -0.148. The van der Waals surface area contributed by atoms with Gasteiger partial charge in [-0.2, -0.15) is 13.2 Å². The Kier molecular flexibility index (Phi) is 8.45. The molecule has 0 fully saturated rings. The van der Waals surface area contributed by atoms with Crippen molar-refractivity contribution < 1.29 is 27.5 Å². The lowest BCUT2D eigenvalue weighted by atomic mass is 9.94. The van der Waals surface area contributed by atoms with E-state index in [4.69, 9.17) is 4.74 Å². The second kappa shape index (κ2) is 10.8. The lowest BCUT2D eigenvalue weighted by Gasteiger charge is -2.15. The van der Waals surface area contributed by atoms with Crippen LogP contribution in [0.3, 0.4) is 0 Å². The largest absolute Gasteiger partial charge is 0.466 e. The molecule has 0 saturated heterocycles. The third kappa shape index (κ3) is 6.61. The highest BCUT2D eigenvalue weighted by atomic mass is 19.4. The average Bonchev–Trinajstić information content (AvgIpc) is 2.72. The summed E-state index contributed by atoms with van der Waals surface area (Å²) in [5.74, 6) is -0.938. The molecule has 0 aliphatic heterocycles. The predicted molar refractivity (Wildman–Crippen MR) is 108 cm³/mol. The summed E-state index contributed by atoms with van der Waals surface area (Å²) in [6.45, 7) is 3.87. The van der Waals surface area contributed by atoms with Crippen LogP contribution in [0, 0.1) is 5.92 Å². The summed E-state index contributed by atoms with van der Waals surface area (Å²) < 4.78 is 44.3. The first-order valence-corrected chi connectivity index (χ1v) is 9.95. The van der Waals surface area contributed by atoms with Gasteiger partial charge in [-0.1, -0.05) is 43.7 Å². The fourth-order valence-electron chi connectivity index (χ4n) is 3.22. The number of nitrogens with one attached hydrogen (secondary N) is 1. The number of halogens is 3. The van der Waals surface area contributed by atoms with E-state index in [1.165, 1.54) is 18.2 Å². The number of rotatable bonds is 9. The standard InChI is InChI=1S/C23H26F3NO3/c1-3-7-18(22(29)30-4-2)14-16-10-12-17(13-11-16)21(28)27-15-19-8-5-6-9-20(19)23(24,25)26/h5-6,8-13,18H,3-4,7,14-15H2,1-2H3,(H,27,28). The van der Waals surface area contributed by atoms with E-state index in [0.29, 0.717) is 25.0 Å². The zero-order valence-corrected chi connectivity index (χ0v) is 17.1. The molecule has 0 aliphatic carbocycles. The van der Waals surface area contributed by atoms with Crippen LogP contribution in [0.15, 0.2) is 48.5 Å². The first-order chi connectivity index (χ1) is 14.3. The molecule has 1 amide bonds. The molecule has 1 atom stereocenters. The maximum absolute atomic E-state index is 13.1. The Balaban J connectivity index is 2.01. The van der Waals surface area contributed by atoms with Crippen LogP contribution < -0.4 is 5.32 Å². The van der Waals surface area contributed by atoms with E-state index in [1.54, 1.807) is 31.2 Å². The topological polar surface area (TPSA) is 55.4 Å². The Bertz CT molecular complexity index is 848. The number of esters is 1. The number of amides is 1. The van der Waals surface area contributed by atoms with E-state index in [0.717, 1.165) is 18.1 Å². The molecule has 0 bridgehead atoms. The van der Waals surface area contributed by atoms with Gasteiger partial charge < -0.3 is 10.1 Å². The zero-order chi connectivity index (χ0) is 22.1. The maximum Gasteiger partial charge on any atom is 0.416 e. The van der Waals surface area contributed by atoms with Crippen molar-refractivity contribution in [2.75, 3.05) is 6.61 Å². The van der Waals surface area contributed by atoms with Crippen LogP contribution in [0.5, 0.6) is 0 Å². The van der Waals surface area contributed by atoms with Gasteiger partial charge in [0.05, 0.1) is 18.1 Å². The third-order valence-corrected chi connectivity index (χ3v) is 4.72. The van der Waals surface area contributed by atoms with Gasteiger partial charge in [0.2, 0.25) is 0 Å². The monoisotopic (exact) mass is 421 g/mol. The number of carbonyl (C=O) groups is 2. The Hall–Kier alpha value is -2.83. The maximum atomic E-state index is 13.1. The van der Waals surface area contributed by atoms with Crippen molar-refractivity contribution in [3.8, 4) is 0 Å². The summed E-state index contributed by atoms with van der Waals surface area (Å²) in [6.07, 6.45) is -2.41. The fourth-order valence-corrected chi connectivity index (χ4v) is 3.22. The number of hydrogen-bond donors (Lipinski definition) is 1. The first-order valence-electron chi connectivity index (χ1n) is 9.95. The number of ether oxygens (including phenoxy) is 1. The number of alkyl halides is 3. The Morgan fingerprint density at radius 3 is 2.30 bits per heavy atom. The Morgan fingerprint density at radius 1 is 1.03 bits per heavy atom. The number of carbonyl (C=O) groups excluding carboxylic acids is 2. The summed E-state index contributed by atoms with van der Waals surface area (Å²) in [6, 6.07) is 11.9. The van der Waals surface area contributed by atoms with Gasteiger partial charge in [0, 0.05) is 12.1 Å². The van der Waals surface area contributed by atoms with E-state index >= 15 is 0 Å². The smallest absolute Gasteiger partial charge is 0.416 e. The summed E-state index contributed by atoms with van der Waals surface area (Å²) in [5.41, 5.74) is 0.472. The van der Waals surface area contributed by atoms with E-state index in [2.05, 4.69) is 5.32 Å². The van der Waals surface area contributed by atoms with Crippen LogP contribution in [-0.2, 0) is 28.7 Å². The highest BCUT2D eigenvalue weighted by Gasteiger charge is 2.32. The molecule has 0 aromatic heterocycles. The molecule has 4 nitrogen and oxygen atoms in total. The van der Waals surface area contributed by atoms with Gasteiger partial charge in [-0.05, 0) is 49.1 Å². The predicted octanol–water partition coefficient (Wildman–Crippen LogP) is 5.16. The highest BCUT2D eigenvalue weighted by molar-refractivity contribution is 5.94. The van der Waals surface area contributed by atoms with Gasteiger partial charge in [-0.15, -0.1) is 0 Å². The third-order valence-electron chi connectivity index (χ3n) is 4.72. The SMILES string of the molecule is CCCC(Cc1ccc(C(=O)NCc2ccccc2C(F)(F)F)cc1)C(=O)OCC. The number of benzene rings is 2. The van der Waals surface area contributed by atoms with Gasteiger partial charge in [0.15, 0.2) is 0 Å². The second-order valence-corrected chi connectivity index (χ2v) is 6.98. The molecule has 0 radical (unpaired) electrons. The molecular formula is C23H26F3NO3. The van der Waals surface area contributed by atoms with Crippen LogP contribution in [0.4, 0.5) is 13.2 Å². The summed E-state index contributed by atoms with van der Waals surface area (Å²) >= 11 is 0. The molecule has 0 saturated carbocycles. The lowest BCUT2D eigenvalue weighted by Crippen LogP contribution is -2.24. The van der Waals surface area contributed by atoms with Crippen molar-refractivity contribution in [3.05, 3.63) is 70.8 Å². The molecule has 162 valence electrons. The summed E-state index contributed by atoms with van der Waals surface area (Å²) in [5, 5.41) is 2.53. The Morgan fingerprint density at radius 2 is 1.70 bits per heavy atom. The molecule has 1 unspecified atom stereocenters. The van der Waals surface area contributed by atoms with Crippen molar-refractivity contribution in [1.29, 1.82) is 0 Å². The van der Waals surface area contributed by atoms with Gasteiger partial charge in [0.1, 0.15) is 0 Å². The van der Waals surface area contributed by atoms with Crippen molar-refractivity contribution in [2.24, 2.45) is 5.92 Å². The van der Waals surface area contributed by atoms with Crippen molar-refractivity contribution in [1.82, 2.24) is 5.32 Å². The minimum Gasteiger partial charge on any atom is -0.466 e. The van der Waals surface area contributed by atoms with E-state index in [-0.39, 0.29) is 24.0 Å². The van der Waals surface area contributed by atoms with E-state index in [1.807, 2.05) is 6.92 Å². The molecule has 30 heavy (non-hydrogen) atoms. The summed E-state index contributed by atoms with van der Waals surface area (Å²) in [4.78, 5) is 24.4. The van der Waals surface area contributed by atoms with Crippen LogP contribution in [-0.4, -0.2) is 18.5 Å². The quantitative estimate of drug-likeness (QED) is 0.569. The highest BCUT2D eigenvalue weighted by Crippen LogP contribution is 2.31. The van der Waals surface area contributed by atoms with Crippen LogP contribution in [0.2, 0.25) is 0 Å². The molecule has 0 aliphatic rings. The van der Waals surface area contributed by atoms with Crippen LogP contribution in [0.25, 0.3) is 0 Å². The minimum atomic E-state index is -4.48. The molecular weight excluding hydrogens is 395 g/mol. The molecule has 0 spiro atoms. The minimum absolute atomic E-state index is 0.00631. The molecule has 1 N–H and O–H groups in total. The zero-order valence-electron chi connectivity index (χ0n) is 17.1. The van der Waals surface area contributed by atoms with E-state index in [9.17, 15) is 22.8 Å². The number of hydrogen-bond acceptors (Lipinski definition) is 3. The average molecular weight is 421 g/mol. The normalized spacial score (nSPS) is 12.3. The van der Waals surface area contributed by atoms with E-state index < -0.39 is 17.6 Å².